The molecule has 2 N–H and O–H groups in total. The fourth-order valence-electron chi connectivity index (χ4n) is 7.57. The highest BCUT2D eigenvalue weighted by atomic mass is 16.5. The third-order valence-electron chi connectivity index (χ3n) is 10.2. The van der Waals surface area contributed by atoms with Crippen LogP contribution in [0.2, 0.25) is 0 Å². The van der Waals surface area contributed by atoms with Gasteiger partial charge in [-0.25, -0.2) is 0 Å². The third kappa shape index (κ3) is 9.83. The van der Waals surface area contributed by atoms with Gasteiger partial charge < -0.3 is 20.5 Å². The molecule has 2 aromatic carbocycles. The number of rotatable bonds is 17. The maximum absolute atomic E-state index is 13.6. The molecule has 246 valence electrons. The molecular formula is C39H58N4O2. The van der Waals surface area contributed by atoms with Crippen molar-refractivity contribution in [1.29, 1.82) is 10.8 Å². The highest BCUT2D eigenvalue weighted by Gasteiger charge is 2.36. The van der Waals surface area contributed by atoms with E-state index < -0.39 is 0 Å². The van der Waals surface area contributed by atoms with Crippen LogP contribution in [-0.4, -0.2) is 72.4 Å². The van der Waals surface area contributed by atoms with Gasteiger partial charge in [0.2, 0.25) is 0 Å². The van der Waals surface area contributed by atoms with Gasteiger partial charge in [-0.3, -0.25) is 9.69 Å². The largest absolute Gasteiger partial charge is 0.491 e. The van der Waals surface area contributed by atoms with Crippen LogP contribution >= 0.6 is 0 Å². The number of benzene rings is 2. The molecule has 0 aromatic heterocycles. The molecule has 45 heavy (non-hydrogen) atoms. The van der Waals surface area contributed by atoms with Crippen LogP contribution in [0.4, 0.5) is 0 Å². The van der Waals surface area contributed by atoms with Crippen molar-refractivity contribution in [2.75, 3.05) is 32.7 Å². The van der Waals surface area contributed by atoms with Gasteiger partial charge in [-0.15, -0.1) is 0 Å². The average molecular weight is 615 g/mol. The number of aryl methyl sites for hydroxylation is 2. The first-order valence-electron chi connectivity index (χ1n) is 17.7. The first-order chi connectivity index (χ1) is 21.8. The molecule has 2 fully saturated rings. The van der Waals surface area contributed by atoms with Crippen molar-refractivity contribution in [2.24, 2.45) is 0 Å². The quantitative estimate of drug-likeness (QED) is 0.178. The maximum atomic E-state index is 13.6. The second kappa shape index (κ2) is 17.2. The van der Waals surface area contributed by atoms with Crippen molar-refractivity contribution >= 4 is 17.7 Å². The van der Waals surface area contributed by atoms with Crippen molar-refractivity contribution in [3.05, 3.63) is 64.7 Å². The molecule has 1 aliphatic carbocycles. The van der Waals surface area contributed by atoms with Crippen LogP contribution < -0.4 is 4.74 Å². The van der Waals surface area contributed by atoms with Crippen molar-refractivity contribution in [3.63, 3.8) is 0 Å². The zero-order valence-corrected chi connectivity index (χ0v) is 28.5. The Morgan fingerprint density at radius 2 is 1.71 bits per heavy atom. The Morgan fingerprint density at radius 3 is 2.38 bits per heavy atom. The lowest BCUT2D eigenvalue weighted by atomic mass is 9.69. The second-order valence-electron chi connectivity index (χ2n) is 13.7. The number of carbonyl (C=O) groups is 1. The lowest BCUT2D eigenvalue weighted by molar-refractivity contribution is -0.112. The smallest absolute Gasteiger partial charge is 0.180 e. The SMILES string of the molecule is CCc1ccc([C@@](CCC=N)(CCN2CCN(C3CCCCC3)CC2)CC(=N)C(=O)Cc2cccc(OC(C)C)c2)cc1CC. The molecule has 1 saturated carbocycles. The minimum Gasteiger partial charge on any atom is -0.491 e. The molecule has 4 rings (SSSR count). The summed E-state index contributed by atoms with van der Waals surface area (Å²) in [5.41, 5.74) is 4.65. The molecule has 1 aliphatic heterocycles. The highest BCUT2D eigenvalue weighted by molar-refractivity contribution is 6.39. The molecule has 6 nitrogen and oxygen atoms in total. The third-order valence-corrected chi connectivity index (χ3v) is 10.2. The van der Waals surface area contributed by atoms with Crippen LogP contribution in [0.5, 0.6) is 5.75 Å². The lowest BCUT2D eigenvalue weighted by Crippen LogP contribution is -2.51. The summed E-state index contributed by atoms with van der Waals surface area (Å²) in [4.78, 5) is 18.9. The molecular weight excluding hydrogens is 556 g/mol. The minimum absolute atomic E-state index is 0.0612. The Labute approximate surface area is 272 Å². The topological polar surface area (TPSA) is 80.5 Å². The number of hydrogen-bond acceptors (Lipinski definition) is 6. The Morgan fingerprint density at radius 1 is 0.978 bits per heavy atom. The summed E-state index contributed by atoms with van der Waals surface area (Å²) >= 11 is 0. The van der Waals surface area contributed by atoms with E-state index in [1.807, 2.05) is 38.1 Å². The van der Waals surface area contributed by atoms with Gasteiger partial charge in [0.05, 0.1) is 11.8 Å². The maximum Gasteiger partial charge on any atom is 0.180 e. The lowest BCUT2D eigenvalue weighted by Gasteiger charge is -2.42. The summed E-state index contributed by atoms with van der Waals surface area (Å²) in [6.07, 6.45) is 13.3. The molecule has 2 aromatic rings. The summed E-state index contributed by atoms with van der Waals surface area (Å²) in [5.74, 6) is 0.631. The monoisotopic (exact) mass is 614 g/mol. The van der Waals surface area contributed by atoms with E-state index in [1.54, 1.807) is 0 Å². The molecule has 0 unspecified atom stereocenters. The number of carbonyl (C=O) groups excluding carboxylic acids is 1. The second-order valence-corrected chi connectivity index (χ2v) is 13.7. The molecule has 0 radical (unpaired) electrons. The Kier molecular flexibility index (Phi) is 13.4. The van der Waals surface area contributed by atoms with Gasteiger partial charge in [0, 0.05) is 50.5 Å². The fourth-order valence-corrected chi connectivity index (χ4v) is 7.57. The van der Waals surface area contributed by atoms with Gasteiger partial charge in [0.25, 0.3) is 0 Å². The molecule has 0 amide bonds. The molecule has 0 bridgehead atoms. The molecule has 1 heterocycles. The normalized spacial score (nSPS) is 18.1. The summed E-state index contributed by atoms with van der Waals surface area (Å²) in [6, 6.07) is 15.4. The van der Waals surface area contributed by atoms with Gasteiger partial charge in [-0.1, -0.05) is 63.4 Å². The van der Waals surface area contributed by atoms with Crippen molar-refractivity contribution in [2.45, 2.75) is 122 Å². The van der Waals surface area contributed by atoms with E-state index in [0.717, 1.165) is 75.8 Å². The van der Waals surface area contributed by atoms with Gasteiger partial charge in [-0.2, -0.15) is 0 Å². The number of nitrogens with one attached hydrogen (secondary N) is 2. The Hall–Kier alpha value is -2.83. The zero-order chi connectivity index (χ0) is 32.2. The molecule has 0 spiro atoms. The van der Waals surface area contributed by atoms with Crippen molar-refractivity contribution in [3.8, 4) is 5.75 Å². The minimum atomic E-state index is -0.371. The molecule has 6 heteroatoms. The number of hydrogen-bond donors (Lipinski definition) is 2. The predicted molar refractivity (Wildman–Crippen MR) is 188 cm³/mol. The van der Waals surface area contributed by atoms with E-state index in [-0.39, 0.29) is 29.4 Å². The molecule has 1 saturated heterocycles. The van der Waals surface area contributed by atoms with Gasteiger partial charge in [0.1, 0.15) is 5.75 Å². The number of ketones is 1. The van der Waals surface area contributed by atoms with Crippen molar-refractivity contribution in [1.82, 2.24) is 9.80 Å². The van der Waals surface area contributed by atoms with Crippen LogP contribution in [0.3, 0.4) is 0 Å². The Bertz CT molecular complexity index is 1260. The summed E-state index contributed by atoms with van der Waals surface area (Å²) in [6.45, 7) is 13.8. The van der Waals surface area contributed by atoms with Gasteiger partial charge in [-0.05, 0) is 106 Å². The standard InChI is InChI=1S/C39H58N4O2/c1-5-32-16-17-34(28-33(32)6-2)39(18-11-20-40,19-21-42-22-24-43(25-23-42)35-13-8-7-9-14-35)29-37(41)38(44)27-31-12-10-15-36(26-31)45-30(3)4/h10,12,15-17,20,26,28,30,35,40-41H,5-9,11,13-14,18-19,21-25,27,29H2,1-4H3/t39-/m0/s1. The first-order valence-corrected chi connectivity index (χ1v) is 17.7. The number of Topliss-reactive ketones (excluding diaryl/α,β-unsaturated/α-hetero) is 1. The van der Waals surface area contributed by atoms with E-state index in [2.05, 4.69) is 41.8 Å². The van der Waals surface area contributed by atoms with E-state index >= 15 is 0 Å². The number of nitrogens with zero attached hydrogens (tertiary/aromatic N) is 2. The van der Waals surface area contributed by atoms with Crippen LogP contribution in [0, 0.1) is 10.8 Å². The van der Waals surface area contributed by atoms with E-state index in [9.17, 15) is 4.79 Å². The number of piperazine rings is 1. The van der Waals surface area contributed by atoms with E-state index in [4.69, 9.17) is 15.6 Å². The van der Waals surface area contributed by atoms with Gasteiger partial charge >= 0.3 is 0 Å². The fraction of sp³-hybridized carbons (Fsp3) is 0.615. The van der Waals surface area contributed by atoms with Crippen LogP contribution in [-0.2, 0) is 29.5 Å². The van der Waals surface area contributed by atoms with Crippen molar-refractivity contribution < 1.29 is 9.53 Å². The van der Waals surface area contributed by atoms with E-state index in [0.29, 0.717) is 12.8 Å². The summed E-state index contributed by atoms with van der Waals surface area (Å²) < 4.78 is 5.86. The first kappa shape index (κ1) is 35.0. The summed E-state index contributed by atoms with van der Waals surface area (Å²) in [5, 5.41) is 17.1. The zero-order valence-electron chi connectivity index (χ0n) is 28.5. The van der Waals surface area contributed by atoms with Crippen LogP contribution in [0.1, 0.15) is 108 Å². The van der Waals surface area contributed by atoms with E-state index in [1.165, 1.54) is 55.0 Å². The van der Waals surface area contributed by atoms with Gasteiger partial charge in [0.15, 0.2) is 5.78 Å². The highest BCUT2D eigenvalue weighted by Crippen LogP contribution is 2.39. The van der Waals surface area contributed by atoms with Crippen LogP contribution in [0.25, 0.3) is 0 Å². The average Bonchev–Trinajstić information content (AvgIpc) is 3.06. The molecule has 1 atom stereocenters. The summed E-state index contributed by atoms with van der Waals surface area (Å²) in [7, 11) is 0. The number of ether oxygens (including phenoxy) is 1. The Balaban J connectivity index is 1.54. The molecule has 2 aliphatic rings. The predicted octanol–water partition coefficient (Wildman–Crippen LogP) is 7.83. The van der Waals surface area contributed by atoms with Crippen LogP contribution in [0.15, 0.2) is 42.5 Å².